The lowest BCUT2D eigenvalue weighted by Crippen LogP contribution is -2.30. The number of carbonyl (C=O) groups is 1. The van der Waals surface area contributed by atoms with Crippen molar-refractivity contribution in [1.29, 1.82) is 0 Å². The molecule has 0 aliphatic carbocycles. The van der Waals surface area contributed by atoms with E-state index < -0.39 is 0 Å². The van der Waals surface area contributed by atoms with Gasteiger partial charge in [0.2, 0.25) is 5.91 Å². The third-order valence-corrected chi connectivity index (χ3v) is 3.03. The first-order valence-electron chi connectivity index (χ1n) is 6.92. The molecule has 2 aromatic heterocycles. The quantitative estimate of drug-likeness (QED) is 0.877. The lowest BCUT2D eigenvalue weighted by Gasteiger charge is -2.17. The third-order valence-electron chi connectivity index (χ3n) is 3.03. The number of amides is 1. The van der Waals surface area contributed by atoms with Gasteiger partial charge in [-0.2, -0.15) is 0 Å². The molecular formula is C16H19N3O. The van der Waals surface area contributed by atoms with Crippen LogP contribution in [-0.4, -0.2) is 15.9 Å². The number of nitrogens with zero attached hydrogens (tertiary/aromatic N) is 2. The Kier molecular flexibility index (Phi) is 5.24. The second-order valence-corrected chi connectivity index (χ2v) is 4.61. The van der Waals surface area contributed by atoms with Crippen molar-refractivity contribution in [2.24, 2.45) is 0 Å². The van der Waals surface area contributed by atoms with Gasteiger partial charge in [0.25, 0.3) is 0 Å². The van der Waals surface area contributed by atoms with Crippen LogP contribution in [0, 0.1) is 0 Å². The Bertz CT molecular complexity index is 488. The minimum Gasteiger partial charge on any atom is -0.342 e. The molecule has 0 unspecified atom stereocenters. The van der Waals surface area contributed by atoms with Crippen LogP contribution >= 0.6 is 0 Å². The standard InChI is InChI=1S/C16H19N3O/c1-2-3-10-15(20)19-16(13-8-4-6-11-17-13)14-9-5-7-12-18-14/h4-9,11-12,16H,2-3,10H2,1H3,(H,19,20). The maximum absolute atomic E-state index is 12.0. The van der Waals surface area contributed by atoms with Gasteiger partial charge in [-0.05, 0) is 30.7 Å². The second kappa shape index (κ2) is 7.38. The Morgan fingerprint density at radius 2 is 1.70 bits per heavy atom. The predicted molar refractivity (Wildman–Crippen MR) is 78.0 cm³/mol. The molecule has 1 N–H and O–H groups in total. The van der Waals surface area contributed by atoms with E-state index in [-0.39, 0.29) is 11.9 Å². The van der Waals surface area contributed by atoms with Gasteiger partial charge in [0, 0.05) is 18.8 Å². The highest BCUT2D eigenvalue weighted by molar-refractivity contribution is 5.76. The van der Waals surface area contributed by atoms with Crippen LogP contribution in [0.4, 0.5) is 0 Å². The fourth-order valence-electron chi connectivity index (χ4n) is 1.96. The Balaban J connectivity index is 2.19. The summed E-state index contributed by atoms with van der Waals surface area (Å²) < 4.78 is 0. The van der Waals surface area contributed by atoms with Crippen molar-refractivity contribution in [2.75, 3.05) is 0 Å². The average molecular weight is 269 g/mol. The monoisotopic (exact) mass is 269 g/mol. The molecule has 0 saturated heterocycles. The number of hydrogen-bond acceptors (Lipinski definition) is 3. The molecule has 4 nitrogen and oxygen atoms in total. The van der Waals surface area contributed by atoms with Crippen molar-refractivity contribution < 1.29 is 4.79 Å². The van der Waals surface area contributed by atoms with Gasteiger partial charge in [0.05, 0.1) is 11.4 Å². The Morgan fingerprint density at radius 1 is 1.10 bits per heavy atom. The average Bonchev–Trinajstić information content (AvgIpc) is 2.52. The van der Waals surface area contributed by atoms with E-state index in [2.05, 4.69) is 22.2 Å². The van der Waals surface area contributed by atoms with Gasteiger partial charge < -0.3 is 5.32 Å². The summed E-state index contributed by atoms with van der Waals surface area (Å²) in [5.74, 6) is 0.0353. The summed E-state index contributed by atoms with van der Waals surface area (Å²) >= 11 is 0. The lowest BCUT2D eigenvalue weighted by molar-refractivity contribution is -0.121. The van der Waals surface area contributed by atoms with Crippen LogP contribution in [-0.2, 0) is 4.79 Å². The summed E-state index contributed by atoms with van der Waals surface area (Å²) in [6.07, 6.45) is 5.88. The fraction of sp³-hybridized carbons (Fsp3) is 0.312. The first-order chi connectivity index (χ1) is 9.81. The van der Waals surface area contributed by atoms with Crippen molar-refractivity contribution in [3.8, 4) is 0 Å². The van der Waals surface area contributed by atoms with E-state index in [1.165, 1.54) is 0 Å². The van der Waals surface area contributed by atoms with Crippen molar-refractivity contribution in [2.45, 2.75) is 32.2 Å². The molecule has 104 valence electrons. The minimum atomic E-state index is -0.290. The smallest absolute Gasteiger partial charge is 0.220 e. The molecular weight excluding hydrogens is 250 g/mol. The number of aromatic nitrogens is 2. The molecule has 0 aliphatic heterocycles. The van der Waals surface area contributed by atoms with E-state index in [4.69, 9.17) is 0 Å². The Morgan fingerprint density at radius 3 is 2.15 bits per heavy atom. The van der Waals surface area contributed by atoms with Gasteiger partial charge in [0.1, 0.15) is 6.04 Å². The summed E-state index contributed by atoms with van der Waals surface area (Å²) in [6.45, 7) is 2.07. The fourth-order valence-corrected chi connectivity index (χ4v) is 1.96. The summed E-state index contributed by atoms with van der Waals surface area (Å²) in [5, 5.41) is 3.02. The SMILES string of the molecule is CCCCC(=O)NC(c1ccccn1)c1ccccn1. The summed E-state index contributed by atoms with van der Waals surface area (Å²) in [6, 6.07) is 11.1. The molecule has 2 rings (SSSR count). The molecule has 0 aromatic carbocycles. The van der Waals surface area contributed by atoms with Crippen LogP contribution in [0.15, 0.2) is 48.8 Å². The Labute approximate surface area is 119 Å². The third kappa shape index (κ3) is 3.88. The molecule has 1 amide bonds. The van der Waals surface area contributed by atoms with Crippen LogP contribution in [0.3, 0.4) is 0 Å². The van der Waals surface area contributed by atoms with Crippen molar-refractivity contribution in [3.63, 3.8) is 0 Å². The van der Waals surface area contributed by atoms with Gasteiger partial charge in [0.15, 0.2) is 0 Å². The second-order valence-electron chi connectivity index (χ2n) is 4.61. The molecule has 0 atom stereocenters. The maximum Gasteiger partial charge on any atom is 0.220 e. The van der Waals surface area contributed by atoms with Gasteiger partial charge in [-0.25, -0.2) is 0 Å². The first kappa shape index (κ1) is 14.2. The van der Waals surface area contributed by atoms with Crippen molar-refractivity contribution in [1.82, 2.24) is 15.3 Å². The molecule has 0 aliphatic rings. The predicted octanol–water partition coefficient (Wildman–Crippen LogP) is 2.87. The molecule has 20 heavy (non-hydrogen) atoms. The molecule has 0 fully saturated rings. The number of nitrogens with one attached hydrogen (secondary N) is 1. The van der Waals surface area contributed by atoms with Crippen molar-refractivity contribution in [3.05, 3.63) is 60.2 Å². The molecule has 2 aromatic rings. The normalized spacial score (nSPS) is 10.5. The zero-order chi connectivity index (χ0) is 14.2. The van der Waals surface area contributed by atoms with E-state index in [9.17, 15) is 4.79 Å². The molecule has 0 radical (unpaired) electrons. The lowest BCUT2D eigenvalue weighted by atomic mass is 10.1. The summed E-state index contributed by atoms with van der Waals surface area (Å²) in [7, 11) is 0. The molecule has 0 bridgehead atoms. The zero-order valence-electron chi connectivity index (χ0n) is 11.6. The van der Waals surface area contributed by atoms with E-state index in [0.717, 1.165) is 24.2 Å². The topological polar surface area (TPSA) is 54.9 Å². The first-order valence-corrected chi connectivity index (χ1v) is 6.92. The van der Waals surface area contributed by atoms with Crippen LogP contribution in [0.25, 0.3) is 0 Å². The van der Waals surface area contributed by atoms with Gasteiger partial charge in [-0.3, -0.25) is 14.8 Å². The van der Waals surface area contributed by atoms with E-state index in [0.29, 0.717) is 6.42 Å². The van der Waals surface area contributed by atoms with Crippen LogP contribution in [0.5, 0.6) is 0 Å². The summed E-state index contributed by atoms with van der Waals surface area (Å²) in [4.78, 5) is 20.7. The van der Waals surface area contributed by atoms with Crippen LogP contribution in [0.2, 0.25) is 0 Å². The van der Waals surface area contributed by atoms with Crippen molar-refractivity contribution >= 4 is 5.91 Å². The highest BCUT2D eigenvalue weighted by atomic mass is 16.1. The van der Waals surface area contributed by atoms with E-state index in [1.807, 2.05) is 36.4 Å². The van der Waals surface area contributed by atoms with E-state index in [1.54, 1.807) is 12.4 Å². The Hall–Kier alpha value is -2.23. The molecule has 2 heterocycles. The van der Waals surface area contributed by atoms with Crippen LogP contribution in [0.1, 0.15) is 43.6 Å². The molecule has 0 saturated carbocycles. The van der Waals surface area contributed by atoms with Gasteiger partial charge in [-0.1, -0.05) is 25.5 Å². The van der Waals surface area contributed by atoms with Gasteiger partial charge in [-0.15, -0.1) is 0 Å². The largest absolute Gasteiger partial charge is 0.342 e. The number of unbranched alkanes of at least 4 members (excludes halogenated alkanes) is 1. The van der Waals surface area contributed by atoms with Gasteiger partial charge >= 0.3 is 0 Å². The van der Waals surface area contributed by atoms with Crippen LogP contribution < -0.4 is 5.32 Å². The zero-order valence-corrected chi connectivity index (χ0v) is 11.6. The number of pyridine rings is 2. The molecule has 0 spiro atoms. The van der Waals surface area contributed by atoms with E-state index >= 15 is 0 Å². The summed E-state index contributed by atoms with van der Waals surface area (Å²) in [5.41, 5.74) is 1.60. The molecule has 4 heteroatoms. The number of rotatable bonds is 6. The highest BCUT2D eigenvalue weighted by Gasteiger charge is 2.18. The highest BCUT2D eigenvalue weighted by Crippen LogP contribution is 2.18. The number of carbonyl (C=O) groups excluding carboxylic acids is 1. The maximum atomic E-state index is 12.0. The minimum absolute atomic E-state index is 0.0353. The number of hydrogen-bond donors (Lipinski definition) is 1.